The van der Waals surface area contributed by atoms with E-state index in [2.05, 4.69) is 10.6 Å². The Hall–Kier alpha value is -1.88. The molecule has 3 N–H and O–H groups in total. The molecule has 120 valence electrons. The van der Waals surface area contributed by atoms with Crippen LogP contribution in [0.1, 0.15) is 49.4 Å². The number of hydrogen-bond acceptors (Lipinski definition) is 3. The van der Waals surface area contributed by atoms with Crippen LogP contribution in [0.3, 0.4) is 0 Å². The molecule has 1 aliphatic carbocycles. The second-order valence-electron chi connectivity index (χ2n) is 5.80. The third-order valence-electron chi connectivity index (χ3n) is 4.15. The smallest absolute Gasteiger partial charge is 0.251 e. The number of aliphatic hydroxyl groups is 1. The zero-order valence-corrected chi connectivity index (χ0v) is 13.0. The third kappa shape index (κ3) is 4.56. The molecule has 1 aromatic carbocycles. The quantitative estimate of drug-likeness (QED) is 0.754. The predicted molar refractivity (Wildman–Crippen MR) is 85.7 cm³/mol. The molecule has 2 rings (SSSR count). The molecule has 0 bridgehead atoms. The van der Waals surface area contributed by atoms with E-state index < -0.39 is 6.10 Å². The van der Waals surface area contributed by atoms with Gasteiger partial charge in [0.1, 0.15) is 0 Å². The number of carbonyl (C=O) groups is 2. The van der Waals surface area contributed by atoms with E-state index in [9.17, 15) is 14.7 Å². The number of benzene rings is 1. The highest BCUT2D eigenvalue weighted by atomic mass is 16.3. The number of rotatable bonds is 6. The lowest BCUT2D eigenvalue weighted by atomic mass is 10.0. The Morgan fingerprint density at radius 1 is 1.32 bits per heavy atom. The van der Waals surface area contributed by atoms with Crippen molar-refractivity contribution in [3.63, 3.8) is 0 Å². The van der Waals surface area contributed by atoms with Crippen LogP contribution in [0, 0.1) is 5.92 Å². The molecule has 1 atom stereocenters. The van der Waals surface area contributed by atoms with Crippen molar-refractivity contribution in [1.29, 1.82) is 0 Å². The van der Waals surface area contributed by atoms with Crippen LogP contribution in [-0.2, 0) is 4.79 Å². The fourth-order valence-electron chi connectivity index (χ4n) is 2.80. The molecule has 1 fully saturated rings. The van der Waals surface area contributed by atoms with Crippen LogP contribution in [0.15, 0.2) is 24.3 Å². The number of nitrogens with one attached hydrogen (secondary N) is 2. The molecule has 0 saturated heterocycles. The topological polar surface area (TPSA) is 78.4 Å². The van der Waals surface area contributed by atoms with E-state index in [1.54, 1.807) is 31.2 Å². The molecular formula is C17H24N2O3. The van der Waals surface area contributed by atoms with Gasteiger partial charge in [-0.1, -0.05) is 25.8 Å². The fraction of sp³-hybridized carbons (Fsp3) is 0.529. The van der Waals surface area contributed by atoms with Crippen molar-refractivity contribution < 1.29 is 14.7 Å². The van der Waals surface area contributed by atoms with Crippen LogP contribution in [0.25, 0.3) is 0 Å². The summed E-state index contributed by atoms with van der Waals surface area (Å²) in [5.41, 5.74) is 1.09. The van der Waals surface area contributed by atoms with Crippen molar-refractivity contribution in [3.8, 4) is 0 Å². The summed E-state index contributed by atoms with van der Waals surface area (Å²) in [5.74, 6) is -0.0191. The second kappa shape index (κ2) is 7.94. The maximum atomic E-state index is 12.1. The molecule has 0 heterocycles. The van der Waals surface area contributed by atoms with Crippen molar-refractivity contribution in [3.05, 3.63) is 29.8 Å². The Morgan fingerprint density at radius 3 is 2.73 bits per heavy atom. The molecule has 0 aromatic heterocycles. The summed E-state index contributed by atoms with van der Waals surface area (Å²) in [6.07, 6.45) is 4.31. The first-order valence-corrected chi connectivity index (χ1v) is 7.96. The Morgan fingerprint density at radius 2 is 2.05 bits per heavy atom. The van der Waals surface area contributed by atoms with Crippen molar-refractivity contribution in [2.75, 3.05) is 11.9 Å². The van der Waals surface area contributed by atoms with Gasteiger partial charge in [-0.15, -0.1) is 0 Å². The second-order valence-corrected chi connectivity index (χ2v) is 5.80. The minimum Gasteiger partial charge on any atom is -0.391 e. The van der Waals surface area contributed by atoms with Crippen LogP contribution in [-0.4, -0.2) is 29.6 Å². The van der Waals surface area contributed by atoms with E-state index in [4.69, 9.17) is 0 Å². The summed E-state index contributed by atoms with van der Waals surface area (Å²) in [5, 5.41) is 15.6. The first kappa shape index (κ1) is 16.5. The molecule has 0 spiro atoms. The lowest BCUT2D eigenvalue weighted by Gasteiger charge is -2.18. The SMILES string of the molecule is CCC(=O)Nc1cccc(C(=O)NCC(O)C2CCCC2)c1. The van der Waals surface area contributed by atoms with E-state index >= 15 is 0 Å². The molecular weight excluding hydrogens is 280 g/mol. The van der Waals surface area contributed by atoms with E-state index in [0.717, 1.165) is 25.7 Å². The van der Waals surface area contributed by atoms with Crippen LogP contribution in [0.5, 0.6) is 0 Å². The Balaban J connectivity index is 1.88. The van der Waals surface area contributed by atoms with Crippen LogP contribution < -0.4 is 10.6 Å². The largest absolute Gasteiger partial charge is 0.391 e. The standard InChI is InChI=1S/C17H24N2O3/c1-2-16(21)19-14-9-5-8-13(10-14)17(22)18-11-15(20)12-6-3-4-7-12/h5,8-10,12,15,20H,2-4,6-7,11H2,1H3,(H,18,22)(H,19,21). The Labute approximate surface area is 131 Å². The number of amides is 2. The molecule has 0 aliphatic heterocycles. The summed E-state index contributed by atoms with van der Waals surface area (Å²) < 4.78 is 0. The van der Waals surface area contributed by atoms with Gasteiger partial charge in [0.25, 0.3) is 5.91 Å². The molecule has 5 heteroatoms. The van der Waals surface area contributed by atoms with E-state index in [-0.39, 0.29) is 18.4 Å². The summed E-state index contributed by atoms with van der Waals surface area (Å²) in [4.78, 5) is 23.5. The maximum Gasteiger partial charge on any atom is 0.251 e. The van der Waals surface area contributed by atoms with Gasteiger partial charge >= 0.3 is 0 Å². The van der Waals surface area contributed by atoms with Gasteiger partial charge in [-0.25, -0.2) is 0 Å². The molecule has 2 amide bonds. The van der Waals surface area contributed by atoms with E-state index in [1.165, 1.54) is 0 Å². The van der Waals surface area contributed by atoms with Crippen molar-refractivity contribution in [2.45, 2.75) is 45.1 Å². The van der Waals surface area contributed by atoms with Crippen LogP contribution >= 0.6 is 0 Å². The first-order valence-electron chi connectivity index (χ1n) is 7.96. The molecule has 1 saturated carbocycles. The highest BCUT2D eigenvalue weighted by molar-refractivity contribution is 5.97. The number of hydrogen-bond donors (Lipinski definition) is 3. The monoisotopic (exact) mass is 304 g/mol. The minimum atomic E-state index is -0.477. The van der Waals surface area contributed by atoms with Gasteiger partial charge < -0.3 is 15.7 Å². The average Bonchev–Trinajstić information content (AvgIpc) is 3.07. The third-order valence-corrected chi connectivity index (χ3v) is 4.15. The molecule has 5 nitrogen and oxygen atoms in total. The summed E-state index contributed by atoms with van der Waals surface area (Å²) in [6.45, 7) is 2.05. The van der Waals surface area contributed by atoms with E-state index in [0.29, 0.717) is 23.6 Å². The Kier molecular flexibility index (Phi) is 5.95. The van der Waals surface area contributed by atoms with Crippen molar-refractivity contribution in [1.82, 2.24) is 5.32 Å². The normalized spacial score (nSPS) is 16.3. The molecule has 0 radical (unpaired) electrons. The zero-order chi connectivity index (χ0) is 15.9. The summed E-state index contributed by atoms with van der Waals surface area (Å²) in [6, 6.07) is 6.81. The number of aliphatic hydroxyl groups excluding tert-OH is 1. The van der Waals surface area contributed by atoms with Crippen LogP contribution in [0.4, 0.5) is 5.69 Å². The summed E-state index contributed by atoms with van der Waals surface area (Å²) >= 11 is 0. The van der Waals surface area contributed by atoms with Crippen molar-refractivity contribution >= 4 is 17.5 Å². The molecule has 1 aliphatic rings. The van der Waals surface area contributed by atoms with Gasteiger partial charge in [0.05, 0.1) is 6.10 Å². The fourth-order valence-corrected chi connectivity index (χ4v) is 2.80. The molecule has 1 aromatic rings. The predicted octanol–water partition coefficient (Wildman–Crippen LogP) is 2.32. The lowest BCUT2D eigenvalue weighted by Crippen LogP contribution is -2.35. The van der Waals surface area contributed by atoms with E-state index in [1.807, 2.05) is 0 Å². The molecule has 22 heavy (non-hydrogen) atoms. The van der Waals surface area contributed by atoms with Gasteiger partial charge in [0.15, 0.2) is 0 Å². The highest BCUT2D eigenvalue weighted by Crippen LogP contribution is 2.27. The summed E-state index contributed by atoms with van der Waals surface area (Å²) in [7, 11) is 0. The first-order chi connectivity index (χ1) is 10.6. The van der Waals surface area contributed by atoms with Gasteiger partial charge in [0, 0.05) is 24.2 Å². The molecule has 1 unspecified atom stereocenters. The van der Waals surface area contributed by atoms with Gasteiger partial charge in [0.2, 0.25) is 5.91 Å². The Bertz CT molecular complexity index is 524. The minimum absolute atomic E-state index is 0.0887. The van der Waals surface area contributed by atoms with Gasteiger partial charge in [-0.3, -0.25) is 9.59 Å². The zero-order valence-electron chi connectivity index (χ0n) is 13.0. The van der Waals surface area contributed by atoms with Gasteiger partial charge in [-0.05, 0) is 37.0 Å². The number of carbonyl (C=O) groups excluding carboxylic acids is 2. The van der Waals surface area contributed by atoms with Crippen molar-refractivity contribution in [2.24, 2.45) is 5.92 Å². The highest BCUT2D eigenvalue weighted by Gasteiger charge is 2.23. The van der Waals surface area contributed by atoms with Crippen LogP contribution in [0.2, 0.25) is 0 Å². The maximum absolute atomic E-state index is 12.1. The number of anilines is 1. The van der Waals surface area contributed by atoms with Gasteiger partial charge in [-0.2, -0.15) is 0 Å². The average molecular weight is 304 g/mol. The lowest BCUT2D eigenvalue weighted by molar-refractivity contribution is -0.115.